The maximum atomic E-state index is 12.1. The lowest BCUT2D eigenvalue weighted by Gasteiger charge is -2.39. The highest BCUT2D eigenvalue weighted by molar-refractivity contribution is 5.77. The van der Waals surface area contributed by atoms with Gasteiger partial charge in [0.05, 0.1) is 13.1 Å². The number of carbonyl (C=O) groups excluding carboxylic acids is 1. The Kier molecular flexibility index (Phi) is 4.23. The SMILES string of the molecule is Cc1cc(OC2CN(C(=O)CC3CCCC3)C2)cc(=O)n1C. The van der Waals surface area contributed by atoms with Crippen LogP contribution in [0.25, 0.3) is 0 Å². The van der Waals surface area contributed by atoms with Crippen LogP contribution in [0.5, 0.6) is 5.75 Å². The topological polar surface area (TPSA) is 51.5 Å². The van der Waals surface area contributed by atoms with Crippen molar-refractivity contribution < 1.29 is 9.53 Å². The molecule has 120 valence electrons. The van der Waals surface area contributed by atoms with Gasteiger partial charge in [-0.25, -0.2) is 0 Å². The standard InChI is InChI=1S/C17H24N2O3/c1-12-7-14(9-16(20)18(12)2)22-15-10-19(11-15)17(21)8-13-5-3-4-6-13/h7,9,13,15H,3-6,8,10-11H2,1-2H3. The molecule has 0 atom stereocenters. The number of likely N-dealkylation sites (tertiary alicyclic amines) is 1. The largest absolute Gasteiger partial charge is 0.486 e. The first-order valence-electron chi connectivity index (χ1n) is 8.15. The molecule has 3 rings (SSSR count). The second-order valence-electron chi connectivity index (χ2n) is 6.62. The Labute approximate surface area is 130 Å². The molecule has 0 unspecified atom stereocenters. The molecule has 0 N–H and O–H groups in total. The summed E-state index contributed by atoms with van der Waals surface area (Å²) in [5, 5.41) is 0. The van der Waals surface area contributed by atoms with Crippen molar-refractivity contribution in [1.29, 1.82) is 0 Å². The first-order chi connectivity index (χ1) is 10.5. The summed E-state index contributed by atoms with van der Waals surface area (Å²) in [5.74, 6) is 1.45. The fourth-order valence-electron chi connectivity index (χ4n) is 3.30. The highest BCUT2D eigenvalue weighted by atomic mass is 16.5. The highest BCUT2D eigenvalue weighted by Gasteiger charge is 2.33. The number of hydrogen-bond donors (Lipinski definition) is 0. The Bertz CT molecular complexity index is 611. The van der Waals surface area contributed by atoms with Gasteiger partial charge in [0.1, 0.15) is 11.9 Å². The summed E-state index contributed by atoms with van der Waals surface area (Å²) in [6.07, 6.45) is 5.65. The van der Waals surface area contributed by atoms with E-state index in [1.807, 2.05) is 17.9 Å². The summed E-state index contributed by atoms with van der Waals surface area (Å²) < 4.78 is 7.40. The zero-order valence-corrected chi connectivity index (χ0v) is 13.4. The lowest BCUT2D eigenvalue weighted by Crippen LogP contribution is -2.56. The van der Waals surface area contributed by atoms with Crippen LogP contribution in [-0.4, -0.2) is 34.6 Å². The summed E-state index contributed by atoms with van der Waals surface area (Å²) in [4.78, 5) is 25.8. The van der Waals surface area contributed by atoms with Gasteiger partial charge in [-0.1, -0.05) is 12.8 Å². The van der Waals surface area contributed by atoms with Gasteiger partial charge in [-0.05, 0) is 31.7 Å². The Balaban J connectivity index is 1.49. The highest BCUT2D eigenvalue weighted by Crippen LogP contribution is 2.29. The second kappa shape index (κ2) is 6.15. The van der Waals surface area contributed by atoms with E-state index >= 15 is 0 Å². The van der Waals surface area contributed by atoms with Gasteiger partial charge >= 0.3 is 0 Å². The van der Waals surface area contributed by atoms with Crippen molar-refractivity contribution in [3.05, 3.63) is 28.2 Å². The van der Waals surface area contributed by atoms with Crippen molar-refractivity contribution in [1.82, 2.24) is 9.47 Å². The zero-order valence-electron chi connectivity index (χ0n) is 13.4. The van der Waals surface area contributed by atoms with Crippen molar-refractivity contribution in [2.75, 3.05) is 13.1 Å². The number of ether oxygens (including phenoxy) is 1. The van der Waals surface area contributed by atoms with E-state index in [4.69, 9.17) is 4.74 Å². The molecule has 2 aliphatic rings. The number of rotatable bonds is 4. The smallest absolute Gasteiger partial charge is 0.254 e. The number of pyridine rings is 1. The van der Waals surface area contributed by atoms with Crippen LogP contribution in [0.2, 0.25) is 0 Å². The molecular formula is C17H24N2O3. The lowest BCUT2D eigenvalue weighted by molar-refractivity contribution is -0.141. The normalized spacial score (nSPS) is 19.3. The molecule has 1 amide bonds. The monoisotopic (exact) mass is 304 g/mol. The number of carbonyl (C=O) groups is 1. The summed E-state index contributed by atoms with van der Waals surface area (Å²) in [5.41, 5.74) is 0.805. The van der Waals surface area contributed by atoms with Crippen molar-refractivity contribution in [3.63, 3.8) is 0 Å². The molecule has 0 spiro atoms. The minimum absolute atomic E-state index is 0.0130. The Morgan fingerprint density at radius 2 is 1.95 bits per heavy atom. The first-order valence-corrected chi connectivity index (χ1v) is 8.15. The van der Waals surface area contributed by atoms with Crippen LogP contribution in [-0.2, 0) is 11.8 Å². The van der Waals surface area contributed by atoms with Gasteiger partial charge in [0, 0.05) is 25.2 Å². The van der Waals surface area contributed by atoms with Crippen molar-refractivity contribution in [2.45, 2.75) is 45.1 Å². The third-order valence-corrected chi connectivity index (χ3v) is 4.92. The van der Waals surface area contributed by atoms with Crippen LogP contribution >= 0.6 is 0 Å². The van der Waals surface area contributed by atoms with Crippen LogP contribution in [0.15, 0.2) is 16.9 Å². The van der Waals surface area contributed by atoms with Gasteiger partial charge in [0.15, 0.2) is 0 Å². The van der Waals surface area contributed by atoms with Gasteiger partial charge < -0.3 is 14.2 Å². The number of hydrogen-bond acceptors (Lipinski definition) is 3. The molecule has 5 heteroatoms. The molecule has 5 nitrogen and oxygen atoms in total. The molecular weight excluding hydrogens is 280 g/mol. The van der Waals surface area contributed by atoms with Crippen LogP contribution in [0.4, 0.5) is 0 Å². The van der Waals surface area contributed by atoms with Gasteiger partial charge in [0.25, 0.3) is 5.56 Å². The van der Waals surface area contributed by atoms with Crippen LogP contribution in [0.3, 0.4) is 0 Å². The maximum absolute atomic E-state index is 12.1. The molecule has 0 aromatic carbocycles. The van der Waals surface area contributed by atoms with E-state index < -0.39 is 0 Å². The van der Waals surface area contributed by atoms with Gasteiger partial charge in [-0.3, -0.25) is 9.59 Å². The van der Waals surface area contributed by atoms with Crippen molar-refractivity contribution >= 4 is 5.91 Å². The fraction of sp³-hybridized carbons (Fsp3) is 0.647. The predicted octanol–water partition coefficient (Wildman–Crippen LogP) is 1.86. The number of amides is 1. The Morgan fingerprint density at radius 1 is 1.27 bits per heavy atom. The lowest BCUT2D eigenvalue weighted by atomic mass is 10.0. The molecule has 0 radical (unpaired) electrons. The minimum Gasteiger partial charge on any atom is -0.486 e. The molecule has 2 fully saturated rings. The average Bonchev–Trinajstić information content (AvgIpc) is 2.92. The molecule has 1 saturated carbocycles. The molecule has 1 aliphatic heterocycles. The molecule has 2 heterocycles. The summed E-state index contributed by atoms with van der Waals surface area (Å²) in [6.45, 7) is 3.16. The van der Waals surface area contributed by atoms with E-state index in [-0.39, 0.29) is 17.6 Å². The van der Waals surface area contributed by atoms with E-state index in [0.717, 1.165) is 5.69 Å². The van der Waals surface area contributed by atoms with E-state index in [1.165, 1.54) is 31.7 Å². The fourth-order valence-corrected chi connectivity index (χ4v) is 3.30. The van der Waals surface area contributed by atoms with Crippen LogP contribution in [0.1, 0.15) is 37.8 Å². The third kappa shape index (κ3) is 3.18. The second-order valence-corrected chi connectivity index (χ2v) is 6.62. The quantitative estimate of drug-likeness (QED) is 0.853. The third-order valence-electron chi connectivity index (χ3n) is 4.92. The molecule has 1 aromatic rings. The van der Waals surface area contributed by atoms with Gasteiger partial charge in [0.2, 0.25) is 5.91 Å². The average molecular weight is 304 g/mol. The molecule has 1 aliphatic carbocycles. The maximum Gasteiger partial charge on any atom is 0.254 e. The zero-order chi connectivity index (χ0) is 15.7. The number of nitrogens with zero attached hydrogens (tertiary/aromatic N) is 2. The number of aromatic nitrogens is 1. The number of aryl methyl sites for hydroxylation is 1. The van der Waals surface area contributed by atoms with E-state index in [0.29, 0.717) is 31.2 Å². The van der Waals surface area contributed by atoms with E-state index in [1.54, 1.807) is 11.6 Å². The van der Waals surface area contributed by atoms with Crippen LogP contribution in [0, 0.1) is 12.8 Å². The van der Waals surface area contributed by atoms with E-state index in [2.05, 4.69) is 0 Å². The summed E-state index contributed by atoms with van der Waals surface area (Å²) in [6, 6.07) is 3.38. The van der Waals surface area contributed by atoms with E-state index in [9.17, 15) is 9.59 Å². The van der Waals surface area contributed by atoms with Crippen molar-refractivity contribution in [3.8, 4) is 5.75 Å². The first kappa shape index (κ1) is 15.1. The summed E-state index contributed by atoms with van der Waals surface area (Å²) in [7, 11) is 1.74. The molecule has 0 bridgehead atoms. The molecule has 22 heavy (non-hydrogen) atoms. The van der Waals surface area contributed by atoms with Gasteiger partial charge in [-0.2, -0.15) is 0 Å². The molecule has 1 saturated heterocycles. The predicted molar refractivity (Wildman–Crippen MR) is 84.0 cm³/mol. The van der Waals surface area contributed by atoms with Crippen molar-refractivity contribution in [2.24, 2.45) is 13.0 Å². The molecule has 1 aromatic heterocycles. The minimum atomic E-state index is -0.0662. The Hall–Kier alpha value is -1.78. The summed E-state index contributed by atoms with van der Waals surface area (Å²) >= 11 is 0. The Morgan fingerprint density at radius 3 is 2.59 bits per heavy atom. The van der Waals surface area contributed by atoms with Crippen LogP contribution < -0.4 is 10.3 Å². The van der Waals surface area contributed by atoms with Gasteiger partial charge in [-0.15, -0.1) is 0 Å².